The second-order valence-corrected chi connectivity index (χ2v) is 21.4. The highest BCUT2D eigenvalue weighted by atomic mass is 16.7. The topological polar surface area (TPSA) is 83.9 Å². The van der Waals surface area contributed by atoms with Crippen LogP contribution < -0.4 is 0 Å². The lowest BCUT2D eigenvalue weighted by Gasteiger charge is -2.64. The molecule has 0 bridgehead atoms. The summed E-state index contributed by atoms with van der Waals surface area (Å²) in [6.07, 6.45) is 11.7. The molecule has 4 saturated heterocycles. The van der Waals surface area contributed by atoms with Crippen molar-refractivity contribution in [2.75, 3.05) is 52.9 Å². The molecule has 0 aromatic heterocycles. The molecule has 1 N–H and O–H groups in total. The molecule has 0 aromatic rings. The molecule has 9 nitrogen and oxygen atoms in total. The fourth-order valence-corrected chi connectivity index (χ4v) is 15.7. The predicted octanol–water partition coefficient (Wildman–Crippen LogP) is 6.80. The van der Waals surface area contributed by atoms with E-state index in [1.807, 2.05) is 4.90 Å². The van der Waals surface area contributed by atoms with Gasteiger partial charge in [0, 0.05) is 37.6 Å². The van der Waals surface area contributed by atoms with Gasteiger partial charge in [-0.2, -0.15) is 0 Å². The summed E-state index contributed by atoms with van der Waals surface area (Å²) in [6.45, 7) is 23.4. The first kappa shape index (κ1) is 37.6. The van der Waals surface area contributed by atoms with Gasteiger partial charge in [-0.1, -0.05) is 48.5 Å². The van der Waals surface area contributed by atoms with Crippen LogP contribution in [-0.2, 0) is 18.9 Å². The summed E-state index contributed by atoms with van der Waals surface area (Å²) in [6, 6.07) is 0.655. The predicted molar refractivity (Wildman–Crippen MR) is 204 cm³/mol. The van der Waals surface area contributed by atoms with Gasteiger partial charge in [0.05, 0.1) is 31.0 Å². The zero-order chi connectivity index (χ0) is 37.3. The lowest BCUT2D eigenvalue weighted by atomic mass is 9.41. The molecule has 9 rings (SSSR count). The van der Waals surface area contributed by atoms with Crippen molar-refractivity contribution in [2.45, 2.75) is 162 Å². The number of nitrogens with zero attached hydrogens (tertiary/aromatic N) is 3. The van der Waals surface area contributed by atoms with E-state index in [9.17, 15) is 9.90 Å². The molecule has 1 amide bonds. The molecule has 53 heavy (non-hydrogen) atoms. The molecule has 3 unspecified atom stereocenters. The second kappa shape index (κ2) is 13.0. The first-order chi connectivity index (χ1) is 25.2. The van der Waals surface area contributed by atoms with Crippen molar-refractivity contribution in [2.24, 2.45) is 56.7 Å². The number of morpholine rings is 1. The number of piperidine rings is 1. The molecule has 9 fully saturated rings. The zero-order valence-electron chi connectivity index (χ0n) is 34.5. The number of likely N-dealkylation sites (tertiary alicyclic amines) is 2. The lowest BCUT2D eigenvalue weighted by Crippen LogP contribution is -2.60. The number of carbonyl (C=O) groups is 1. The molecule has 5 saturated carbocycles. The minimum Gasteiger partial charge on any atom is -0.443 e. The molecule has 4 heterocycles. The largest absolute Gasteiger partial charge is 0.443 e. The van der Waals surface area contributed by atoms with Crippen LogP contribution >= 0.6 is 0 Å². The monoisotopic (exact) mass is 740 g/mol. The first-order valence-electron chi connectivity index (χ1n) is 22.1. The van der Waals surface area contributed by atoms with Gasteiger partial charge in [0.15, 0.2) is 6.29 Å². The van der Waals surface area contributed by atoms with Crippen molar-refractivity contribution in [1.29, 1.82) is 0 Å². The second-order valence-electron chi connectivity index (χ2n) is 21.4. The summed E-state index contributed by atoms with van der Waals surface area (Å²) < 4.78 is 26.7. The molecule has 9 aliphatic rings. The highest BCUT2D eigenvalue weighted by Crippen LogP contribution is 2.89. The summed E-state index contributed by atoms with van der Waals surface area (Å²) >= 11 is 0. The summed E-state index contributed by atoms with van der Waals surface area (Å²) in [5.41, 5.74) is 0.560. The van der Waals surface area contributed by atoms with Gasteiger partial charge in [-0.25, -0.2) is 4.79 Å². The smallest absolute Gasteiger partial charge is 0.410 e. The Kier molecular flexibility index (Phi) is 9.24. The van der Waals surface area contributed by atoms with E-state index >= 15 is 0 Å². The Morgan fingerprint density at radius 3 is 2.32 bits per heavy atom. The zero-order valence-corrected chi connectivity index (χ0v) is 34.5. The van der Waals surface area contributed by atoms with E-state index in [2.05, 4.69) is 65.3 Å². The van der Waals surface area contributed by atoms with Crippen molar-refractivity contribution in [3.8, 4) is 0 Å². The molecule has 2 spiro atoms. The highest BCUT2D eigenvalue weighted by molar-refractivity contribution is 5.68. The lowest BCUT2D eigenvalue weighted by molar-refractivity contribution is -0.251. The van der Waals surface area contributed by atoms with Crippen molar-refractivity contribution < 1.29 is 28.8 Å². The van der Waals surface area contributed by atoms with E-state index in [0.29, 0.717) is 40.5 Å². The summed E-state index contributed by atoms with van der Waals surface area (Å²) in [4.78, 5) is 19.9. The maximum absolute atomic E-state index is 13.0. The van der Waals surface area contributed by atoms with Crippen LogP contribution in [0.25, 0.3) is 0 Å². The number of aliphatic hydroxyl groups is 1. The number of rotatable bonds is 6. The Bertz CT molecular complexity index is 1400. The number of amides is 1. The first-order valence-corrected chi connectivity index (χ1v) is 22.1. The van der Waals surface area contributed by atoms with Crippen LogP contribution in [0.2, 0.25) is 0 Å². The van der Waals surface area contributed by atoms with Gasteiger partial charge in [0.1, 0.15) is 6.10 Å². The van der Waals surface area contributed by atoms with E-state index in [-0.39, 0.29) is 59.0 Å². The maximum atomic E-state index is 13.0. The SMILES string of the molecule is CC(C)[C@@H](OC(=O)N1CCC1)C1C[C@@H](C)[C@H]2C(O1)[C@H](O)[C@@]1(C)C3CC[C@H]4C(C)(C)[C@@H](O[C@H]5CN(C6CCN(C)CC6)CCO5)CC[C@@]45C[C@@]35CC[C@]21C. The molecule has 5 aliphatic carbocycles. The van der Waals surface area contributed by atoms with Crippen LogP contribution in [0.4, 0.5) is 4.79 Å². The highest BCUT2D eigenvalue weighted by Gasteiger charge is 2.84. The quantitative estimate of drug-likeness (QED) is 0.319. The Hall–Kier alpha value is -0.970. The van der Waals surface area contributed by atoms with E-state index in [0.717, 1.165) is 52.0 Å². The minimum absolute atomic E-state index is 0.0173. The molecule has 300 valence electrons. The Morgan fingerprint density at radius 1 is 0.906 bits per heavy atom. The third-order valence-corrected chi connectivity index (χ3v) is 18.7. The van der Waals surface area contributed by atoms with Crippen molar-refractivity contribution in [3.63, 3.8) is 0 Å². The molecular weight excluding hydrogens is 666 g/mol. The summed E-state index contributed by atoms with van der Waals surface area (Å²) in [7, 11) is 2.24. The Labute approximate surface area is 320 Å². The number of hydrogen-bond donors (Lipinski definition) is 1. The van der Waals surface area contributed by atoms with Crippen LogP contribution in [0.1, 0.15) is 119 Å². The van der Waals surface area contributed by atoms with E-state index < -0.39 is 6.10 Å². The van der Waals surface area contributed by atoms with Gasteiger partial charge >= 0.3 is 6.09 Å². The van der Waals surface area contributed by atoms with Crippen molar-refractivity contribution in [3.05, 3.63) is 0 Å². The molecule has 0 aromatic carbocycles. The molecule has 4 aliphatic heterocycles. The van der Waals surface area contributed by atoms with Gasteiger partial charge in [0.25, 0.3) is 0 Å². The number of carbonyl (C=O) groups excluding carboxylic acids is 1. The fraction of sp³-hybridized carbons (Fsp3) is 0.977. The van der Waals surface area contributed by atoms with Crippen molar-refractivity contribution in [1.82, 2.24) is 14.7 Å². The van der Waals surface area contributed by atoms with Crippen LogP contribution in [-0.4, -0.2) is 122 Å². The average molecular weight is 740 g/mol. The molecular formula is C44H73N3O6. The standard InChI is InChI=1S/C44H73N3O6/c1-27(2)36(53-39(49)46-18-9-19-46)30-24-28(3)35-37(51-30)38(48)42(7)32-11-10-31-40(4,5)33(12-15-43(31)26-44(32,43)17-16-41(35,42)6)52-34-25-47(22-23-50-34)29-13-20-45(8)21-14-29/h27-38,48H,9-26H2,1-8H3/t28-,30?,31+,32?,33+,34+,35+,36-,37?,38+,41-,42-,43-,44+/m1/s1. The Morgan fingerprint density at radius 2 is 1.62 bits per heavy atom. The van der Waals surface area contributed by atoms with E-state index in [4.69, 9.17) is 18.9 Å². The average Bonchev–Trinajstić information content (AvgIpc) is 3.72. The van der Waals surface area contributed by atoms with Crippen LogP contribution in [0.15, 0.2) is 0 Å². The third-order valence-electron chi connectivity index (χ3n) is 18.7. The summed E-state index contributed by atoms with van der Waals surface area (Å²) in [5.74, 6) is 2.00. The van der Waals surface area contributed by atoms with Crippen LogP contribution in [0.5, 0.6) is 0 Å². The maximum Gasteiger partial charge on any atom is 0.410 e. The van der Waals surface area contributed by atoms with Gasteiger partial charge in [-0.15, -0.1) is 0 Å². The van der Waals surface area contributed by atoms with Gasteiger partial charge < -0.3 is 33.9 Å². The fourth-order valence-electron chi connectivity index (χ4n) is 15.7. The van der Waals surface area contributed by atoms with Crippen LogP contribution in [0.3, 0.4) is 0 Å². The number of hydrogen-bond acceptors (Lipinski definition) is 8. The van der Waals surface area contributed by atoms with E-state index in [1.165, 1.54) is 64.5 Å². The summed E-state index contributed by atoms with van der Waals surface area (Å²) in [5, 5.41) is 12.8. The molecule has 9 heteroatoms. The Balaban J connectivity index is 0.912. The van der Waals surface area contributed by atoms with E-state index in [1.54, 1.807) is 0 Å². The molecule has 14 atom stereocenters. The van der Waals surface area contributed by atoms with Crippen molar-refractivity contribution >= 4 is 6.09 Å². The normalized spacial score (nSPS) is 50.2. The number of ether oxygens (including phenoxy) is 4. The molecule has 0 radical (unpaired) electrons. The van der Waals surface area contributed by atoms with Gasteiger partial charge in [-0.05, 0) is 142 Å². The van der Waals surface area contributed by atoms with Gasteiger partial charge in [0.2, 0.25) is 0 Å². The van der Waals surface area contributed by atoms with Gasteiger partial charge in [-0.3, -0.25) is 4.90 Å². The van der Waals surface area contributed by atoms with Crippen LogP contribution in [0, 0.1) is 56.7 Å². The third kappa shape index (κ3) is 5.38. The number of fused-ring (bicyclic) bond motifs is 4. The minimum atomic E-state index is -0.512. The number of aliphatic hydroxyl groups excluding tert-OH is 1.